The molecule has 0 radical (unpaired) electrons. The van der Waals surface area contributed by atoms with Crippen LogP contribution in [0.25, 0.3) is 0 Å². The number of nitrogens with one attached hydrogen (secondary N) is 1. The summed E-state index contributed by atoms with van der Waals surface area (Å²) in [5.41, 5.74) is 0.746. The van der Waals surface area contributed by atoms with Gasteiger partial charge >= 0.3 is 6.18 Å². The van der Waals surface area contributed by atoms with Crippen LogP contribution in [0.4, 0.5) is 13.2 Å². The van der Waals surface area contributed by atoms with E-state index in [0.717, 1.165) is 0 Å². The molecule has 1 aromatic heterocycles. The molecule has 1 heterocycles. The number of halogens is 5. The number of benzene rings is 1. The van der Waals surface area contributed by atoms with Gasteiger partial charge in [0, 0.05) is 15.6 Å². The molecular formula is C16H13Cl2F3N2O2. The molecule has 0 aliphatic rings. The van der Waals surface area contributed by atoms with Crippen molar-refractivity contribution in [2.24, 2.45) is 0 Å². The van der Waals surface area contributed by atoms with Crippen molar-refractivity contribution in [2.45, 2.75) is 19.1 Å². The van der Waals surface area contributed by atoms with Gasteiger partial charge in [0.15, 0.2) is 6.61 Å². The van der Waals surface area contributed by atoms with E-state index in [1.54, 1.807) is 6.92 Å². The van der Waals surface area contributed by atoms with Gasteiger partial charge in [-0.1, -0.05) is 23.2 Å². The summed E-state index contributed by atoms with van der Waals surface area (Å²) < 4.78 is 40.9. The molecule has 0 aliphatic carbocycles. The maximum absolute atomic E-state index is 12.2. The highest BCUT2D eigenvalue weighted by Crippen LogP contribution is 2.21. The molecule has 2 rings (SSSR count). The molecule has 1 amide bonds. The maximum Gasteiger partial charge on any atom is 0.422 e. The fourth-order valence-corrected chi connectivity index (χ4v) is 2.46. The predicted molar refractivity (Wildman–Crippen MR) is 88.1 cm³/mol. The van der Waals surface area contributed by atoms with Gasteiger partial charge in [0.1, 0.15) is 5.75 Å². The lowest BCUT2D eigenvalue weighted by Crippen LogP contribution is -2.27. The third-order valence-electron chi connectivity index (χ3n) is 3.08. The van der Waals surface area contributed by atoms with Crippen molar-refractivity contribution in [1.29, 1.82) is 0 Å². The Kier molecular flexibility index (Phi) is 6.13. The van der Waals surface area contributed by atoms with Gasteiger partial charge in [0.25, 0.3) is 5.91 Å². The summed E-state index contributed by atoms with van der Waals surface area (Å²) in [4.78, 5) is 16.2. The number of carbonyl (C=O) groups excluding carboxylic acids is 1. The summed E-state index contributed by atoms with van der Waals surface area (Å²) in [6, 6.07) is 6.79. The lowest BCUT2D eigenvalue weighted by atomic mass is 10.1. The fourth-order valence-electron chi connectivity index (χ4n) is 1.94. The Labute approximate surface area is 151 Å². The van der Waals surface area contributed by atoms with Gasteiger partial charge in [-0.15, -0.1) is 0 Å². The molecular weight excluding hydrogens is 380 g/mol. The number of ether oxygens (including phenoxy) is 1. The lowest BCUT2D eigenvalue weighted by molar-refractivity contribution is -0.153. The van der Waals surface area contributed by atoms with Crippen molar-refractivity contribution < 1.29 is 22.7 Å². The molecule has 1 N–H and O–H groups in total. The highest BCUT2D eigenvalue weighted by Gasteiger charge is 2.28. The van der Waals surface area contributed by atoms with E-state index in [2.05, 4.69) is 15.0 Å². The molecule has 1 aromatic carbocycles. The Morgan fingerprint density at radius 3 is 2.40 bits per heavy atom. The summed E-state index contributed by atoms with van der Waals surface area (Å²) in [6.07, 6.45) is -3.25. The van der Waals surface area contributed by atoms with Crippen molar-refractivity contribution >= 4 is 29.1 Å². The highest BCUT2D eigenvalue weighted by atomic mass is 35.5. The van der Waals surface area contributed by atoms with Crippen molar-refractivity contribution in [3.8, 4) is 5.75 Å². The summed E-state index contributed by atoms with van der Waals surface area (Å²) in [7, 11) is 0. The number of amides is 1. The molecule has 0 saturated heterocycles. The summed E-state index contributed by atoms with van der Waals surface area (Å²) in [5.74, 6) is -0.419. The minimum atomic E-state index is -4.42. The number of aromatic nitrogens is 1. The average molecular weight is 393 g/mol. The second kappa shape index (κ2) is 7.93. The number of alkyl halides is 3. The molecule has 0 spiro atoms. The highest BCUT2D eigenvalue weighted by molar-refractivity contribution is 6.35. The number of rotatable bonds is 5. The Bertz CT molecular complexity index is 732. The van der Waals surface area contributed by atoms with Crippen LogP contribution in [0.2, 0.25) is 10.0 Å². The zero-order valence-electron chi connectivity index (χ0n) is 12.9. The Hall–Kier alpha value is -1.99. The molecule has 1 atom stereocenters. The quantitative estimate of drug-likeness (QED) is 0.793. The number of hydrogen-bond acceptors (Lipinski definition) is 3. The molecule has 0 bridgehead atoms. The van der Waals surface area contributed by atoms with Crippen molar-refractivity contribution in [2.75, 3.05) is 6.61 Å². The van der Waals surface area contributed by atoms with E-state index in [0.29, 0.717) is 15.7 Å². The molecule has 0 saturated carbocycles. The molecule has 2 aromatic rings. The van der Waals surface area contributed by atoms with E-state index >= 15 is 0 Å². The minimum Gasteiger partial charge on any atom is -0.483 e. The van der Waals surface area contributed by atoms with Crippen LogP contribution in [0, 0.1) is 0 Å². The first kappa shape index (κ1) is 19.3. The van der Waals surface area contributed by atoms with E-state index in [1.807, 2.05) is 0 Å². The van der Waals surface area contributed by atoms with E-state index in [1.165, 1.54) is 36.5 Å². The lowest BCUT2D eigenvalue weighted by Gasteiger charge is -2.15. The topological polar surface area (TPSA) is 51.2 Å². The molecule has 0 aliphatic heterocycles. The van der Waals surface area contributed by atoms with Crippen molar-refractivity contribution in [1.82, 2.24) is 10.3 Å². The largest absolute Gasteiger partial charge is 0.483 e. The third-order valence-corrected chi connectivity index (χ3v) is 3.51. The summed E-state index contributed by atoms with van der Waals surface area (Å²) in [5, 5.41) is 3.36. The first-order valence-corrected chi connectivity index (χ1v) is 7.82. The van der Waals surface area contributed by atoms with Gasteiger partial charge in [0.05, 0.1) is 17.9 Å². The van der Waals surface area contributed by atoms with Crippen LogP contribution < -0.4 is 10.1 Å². The van der Waals surface area contributed by atoms with Gasteiger partial charge < -0.3 is 10.1 Å². The first-order chi connectivity index (χ1) is 11.6. The fraction of sp³-hybridized carbons (Fsp3) is 0.250. The van der Waals surface area contributed by atoms with Crippen LogP contribution in [0.5, 0.6) is 5.75 Å². The van der Waals surface area contributed by atoms with Crippen LogP contribution in [-0.2, 0) is 0 Å². The average Bonchev–Trinajstić information content (AvgIpc) is 2.51. The van der Waals surface area contributed by atoms with Crippen LogP contribution in [0.15, 0.2) is 36.5 Å². The maximum atomic E-state index is 12.2. The first-order valence-electron chi connectivity index (χ1n) is 7.06. The molecule has 0 unspecified atom stereocenters. The Morgan fingerprint density at radius 1 is 1.24 bits per heavy atom. The number of hydrogen-bond donors (Lipinski definition) is 1. The third kappa shape index (κ3) is 6.10. The standard InChI is InChI=1S/C16H13Cl2F3N2O2/c1-9(23-15(24)10-4-11(17)6-12(18)5-10)14-3-2-13(7-22-14)25-8-16(19,20)21/h2-7,9H,8H2,1H3,(H,23,24)/t9-/m1/s1. The number of nitrogens with zero attached hydrogens (tertiary/aromatic N) is 1. The van der Waals surface area contributed by atoms with Gasteiger partial charge in [-0.2, -0.15) is 13.2 Å². The molecule has 4 nitrogen and oxygen atoms in total. The molecule has 9 heteroatoms. The van der Waals surface area contributed by atoms with E-state index < -0.39 is 24.7 Å². The van der Waals surface area contributed by atoms with E-state index in [9.17, 15) is 18.0 Å². The van der Waals surface area contributed by atoms with Crippen molar-refractivity contribution in [3.05, 3.63) is 57.8 Å². The zero-order valence-corrected chi connectivity index (χ0v) is 14.4. The molecule has 134 valence electrons. The Balaban J connectivity index is 2.00. The van der Waals surface area contributed by atoms with Gasteiger partial charge in [-0.25, -0.2) is 0 Å². The minimum absolute atomic E-state index is 0.0128. The van der Waals surface area contributed by atoms with Crippen LogP contribution >= 0.6 is 23.2 Å². The number of pyridine rings is 1. The van der Waals surface area contributed by atoms with Gasteiger partial charge in [-0.05, 0) is 37.3 Å². The summed E-state index contributed by atoms with van der Waals surface area (Å²) >= 11 is 11.7. The molecule has 25 heavy (non-hydrogen) atoms. The SMILES string of the molecule is C[C@@H](NC(=O)c1cc(Cl)cc(Cl)c1)c1ccc(OCC(F)(F)F)cn1. The Morgan fingerprint density at radius 2 is 1.88 bits per heavy atom. The van der Waals surface area contributed by atoms with E-state index in [-0.39, 0.29) is 11.3 Å². The van der Waals surface area contributed by atoms with E-state index in [4.69, 9.17) is 23.2 Å². The molecule has 0 fully saturated rings. The van der Waals surface area contributed by atoms with Crippen LogP contribution in [0.1, 0.15) is 29.0 Å². The second-order valence-corrected chi connectivity index (χ2v) is 6.05. The van der Waals surface area contributed by atoms with Crippen LogP contribution in [0.3, 0.4) is 0 Å². The van der Waals surface area contributed by atoms with Gasteiger partial charge in [0.2, 0.25) is 0 Å². The second-order valence-electron chi connectivity index (χ2n) is 5.18. The normalized spacial score (nSPS) is 12.6. The van der Waals surface area contributed by atoms with Crippen molar-refractivity contribution in [3.63, 3.8) is 0 Å². The number of carbonyl (C=O) groups is 1. The smallest absolute Gasteiger partial charge is 0.422 e. The van der Waals surface area contributed by atoms with Crippen LogP contribution in [-0.4, -0.2) is 23.7 Å². The summed E-state index contributed by atoms with van der Waals surface area (Å²) in [6.45, 7) is 0.290. The predicted octanol–water partition coefficient (Wildman–Crippen LogP) is 4.82. The zero-order chi connectivity index (χ0) is 18.6. The monoisotopic (exact) mass is 392 g/mol. The van der Waals surface area contributed by atoms with Gasteiger partial charge in [-0.3, -0.25) is 9.78 Å².